The number of thiocarbonyl (C=S) groups is 1. The van der Waals surface area contributed by atoms with Gasteiger partial charge >= 0.3 is 0 Å². The highest BCUT2D eigenvalue weighted by atomic mass is 35.6. The second kappa shape index (κ2) is 8.84. The molecule has 0 saturated carbocycles. The van der Waals surface area contributed by atoms with Crippen molar-refractivity contribution in [2.45, 2.75) is 9.96 Å². The number of nitrogens with one attached hydrogen (secondary N) is 3. The maximum Gasteiger partial charge on any atom is 0.236 e. The summed E-state index contributed by atoms with van der Waals surface area (Å²) >= 11 is 28.0. The molecule has 0 bridgehead atoms. The molecule has 1 aromatic carbocycles. The average Bonchev–Trinajstić information content (AvgIpc) is 2.45. The van der Waals surface area contributed by atoms with Crippen LogP contribution in [-0.2, 0) is 4.79 Å². The van der Waals surface area contributed by atoms with E-state index in [1.54, 1.807) is 18.2 Å². The van der Waals surface area contributed by atoms with Gasteiger partial charge < -0.3 is 20.7 Å². The lowest BCUT2D eigenvalue weighted by Gasteiger charge is -2.27. The number of carbonyl (C=O) groups is 1. The fourth-order valence-corrected chi connectivity index (χ4v) is 2.07. The van der Waals surface area contributed by atoms with Crippen LogP contribution >= 0.6 is 58.6 Å². The number of amides is 1. The second-order valence-electron chi connectivity index (χ2n) is 3.97. The number of alkyl halides is 4. The van der Waals surface area contributed by atoms with Gasteiger partial charge in [-0.2, -0.15) is 0 Å². The molecule has 0 spiro atoms. The van der Waals surface area contributed by atoms with Gasteiger partial charge in [0.1, 0.15) is 17.8 Å². The van der Waals surface area contributed by atoms with Gasteiger partial charge in [-0.1, -0.05) is 46.9 Å². The summed E-state index contributed by atoms with van der Waals surface area (Å²) in [5.41, 5.74) is 0.620. The average molecular weight is 405 g/mol. The highest BCUT2D eigenvalue weighted by Crippen LogP contribution is 2.29. The van der Waals surface area contributed by atoms with Crippen LogP contribution in [0.15, 0.2) is 24.3 Å². The summed E-state index contributed by atoms with van der Waals surface area (Å²) < 4.78 is 3.36. The number of carbonyl (C=O) groups excluding carboxylic acids is 1. The Hall–Kier alpha value is -0.660. The van der Waals surface area contributed by atoms with Gasteiger partial charge in [-0.3, -0.25) is 4.79 Å². The van der Waals surface area contributed by atoms with Crippen LogP contribution in [0.1, 0.15) is 0 Å². The quantitative estimate of drug-likeness (QED) is 0.400. The third-order valence-corrected chi connectivity index (χ3v) is 3.50. The number of benzene rings is 1. The lowest BCUT2D eigenvalue weighted by Crippen LogP contribution is -2.56. The topological polar surface area (TPSA) is 62.4 Å². The predicted octanol–water partition coefficient (Wildman–Crippen LogP) is 3.03. The highest BCUT2D eigenvalue weighted by molar-refractivity contribution is 7.80. The third-order valence-electron chi connectivity index (χ3n) is 2.38. The fraction of sp³-hybridized carbons (Fsp3) is 0.333. The van der Waals surface area contributed by atoms with E-state index in [0.717, 1.165) is 0 Å². The standard InChI is InChI=1S/C12H13Cl4N3O2S/c1-21-8-5-3-2-4-7(8)17-11(22)19-10(12(14,15)16)18-9(20)6-13/h2-5,10H,6H2,1H3,(H,18,20)(H2,17,19,22)/t10-/m1/s1. The molecular weight excluding hydrogens is 392 g/mol. The third kappa shape index (κ3) is 6.22. The summed E-state index contributed by atoms with van der Waals surface area (Å²) in [7, 11) is 1.53. The van der Waals surface area contributed by atoms with E-state index in [1.807, 2.05) is 6.07 Å². The van der Waals surface area contributed by atoms with Crippen LogP contribution in [0.2, 0.25) is 0 Å². The first-order valence-electron chi connectivity index (χ1n) is 5.90. The smallest absolute Gasteiger partial charge is 0.236 e. The Morgan fingerprint density at radius 3 is 2.50 bits per heavy atom. The molecule has 1 rings (SSSR count). The molecule has 10 heteroatoms. The Morgan fingerprint density at radius 2 is 1.95 bits per heavy atom. The second-order valence-corrected chi connectivity index (χ2v) is 7.02. The molecule has 0 radical (unpaired) electrons. The van der Waals surface area contributed by atoms with Crippen LogP contribution in [0.25, 0.3) is 0 Å². The first-order valence-corrected chi connectivity index (χ1v) is 7.98. The minimum Gasteiger partial charge on any atom is -0.495 e. The van der Waals surface area contributed by atoms with Crippen LogP contribution < -0.4 is 20.7 Å². The van der Waals surface area contributed by atoms with Crippen molar-refractivity contribution in [2.24, 2.45) is 0 Å². The molecule has 0 aromatic heterocycles. The van der Waals surface area contributed by atoms with Crippen LogP contribution in [0.5, 0.6) is 5.75 Å². The van der Waals surface area contributed by atoms with Crippen LogP contribution in [-0.4, -0.2) is 34.0 Å². The molecule has 0 fully saturated rings. The molecule has 1 aromatic rings. The van der Waals surface area contributed by atoms with Crippen LogP contribution in [0.4, 0.5) is 5.69 Å². The lowest BCUT2D eigenvalue weighted by atomic mass is 10.3. The molecule has 0 unspecified atom stereocenters. The molecule has 0 aliphatic carbocycles. The Kier molecular flexibility index (Phi) is 7.79. The van der Waals surface area contributed by atoms with E-state index in [2.05, 4.69) is 16.0 Å². The van der Waals surface area contributed by atoms with Crippen molar-refractivity contribution >= 4 is 75.3 Å². The van der Waals surface area contributed by atoms with Gasteiger partial charge in [0.25, 0.3) is 0 Å². The molecule has 0 heterocycles. The highest BCUT2D eigenvalue weighted by Gasteiger charge is 2.34. The van der Waals surface area contributed by atoms with Crippen LogP contribution in [0, 0.1) is 0 Å². The maximum absolute atomic E-state index is 11.4. The number of hydrogen-bond acceptors (Lipinski definition) is 3. The molecule has 22 heavy (non-hydrogen) atoms. The normalized spacial score (nSPS) is 12.2. The summed E-state index contributed by atoms with van der Waals surface area (Å²) in [5.74, 6) is -0.196. The van der Waals surface area contributed by atoms with E-state index < -0.39 is 15.9 Å². The van der Waals surface area contributed by atoms with Crippen molar-refractivity contribution in [1.29, 1.82) is 0 Å². The lowest BCUT2D eigenvalue weighted by molar-refractivity contribution is -0.119. The molecule has 0 aliphatic rings. The number of halogens is 4. The van der Waals surface area contributed by atoms with Crippen molar-refractivity contribution in [3.05, 3.63) is 24.3 Å². The SMILES string of the molecule is COc1ccccc1NC(=S)N[C@@H](NC(=O)CCl)C(Cl)(Cl)Cl. The van der Waals surface area contributed by atoms with Crippen molar-refractivity contribution in [1.82, 2.24) is 10.6 Å². The summed E-state index contributed by atoms with van der Waals surface area (Å²) in [6.07, 6.45) is -1.06. The van der Waals surface area contributed by atoms with Gasteiger partial charge in [0.2, 0.25) is 9.70 Å². The molecule has 5 nitrogen and oxygen atoms in total. The van der Waals surface area contributed by atoms with E-state index in [4.69, 9.17) is 63.4 Å². The summed E-state index contributed by atoms with van der Waals surface area (Å²) in [5, 5.41) is 8.14. The van der Waals surface area contributed by atoms with Gasteiger partial charge in [0.15, 0.2) is 5.11 Å². The number of methoxy groups -OCH3 is 1. The van der Waals surface area contributed by atoms with Gasteiger partial charge in [-0.15, -0.1) is 11.6 Å². The van der Waals surface area contributed by atoms with E-state index >= 15 is 0 Å². The van der Waals surface area contributed by atoms with Gasteiger partial charge in [0, 0.05) is 0 Å². The fourth-order valence-electron chi connectivity index (χ4n) is 1.44. The van der Waals surface area contributed by atoms with Crippen molar-refractivity contribution in [2.75, 3.05) is 18.3 Å². The number of para-hydroxylation sites is 2. The predicted molar refractivity (Wildman–Crippen MR) is 95.3 cm³/mol. The van der Waals surface area contributed by atoms with Crippen molar-refractivity contribution < 1.29 is 9.53 Å². The first kappa shape index (κ1) is 19.4. The van der Waals surface area contributed by atoms with Gasteiger partial charge in [0.05, 0.1) is 12.8 Å². The zero-order valence-corrected chi connectivity index (χ0v) is 15.2. The molecular formula is C12H13Cl4N3O2S. The molecule has 1 atom stereocenters. The molecule has 1 amide bonds. The number of hydrogen-bond donors (Lipinski definition) is 3. The molecule has 122 valence electrons. The van der Waals surface area contributed by atoms with Gasteiger partial charge in [-0.25, -0.2) is 0 Å². The Morgan fingerprint density at radius 1 is 1.32 bits per heavy atom. The van der Waals surface area contributed by atoms with E-state index in [-0.39, 0.29) is 11.0 Å². The zero-order chi connectivity index (χ0) is 16.8. The van der Waals surface area contributed by atoms with E-state index in [9.17, 15) is 4.79 Å². The molecule has 0 aliphatic heterocycles. The first-order chi connectivity index (χ1) is 10.3. The van der Waals surface area contributed by atoms with Crippen molar-refractivity contribution in [3.63, 3.8) is 0 Å². The number of rotatable bonds is 5. The zero-order valence-electron chi connectivity index (χ0n) is 11.3. The maximum atomic E-state index is 11.4. The molecule has 3 N–H and O–H groups in total. The monoisotopic (exact) mass is 403 g/mol. The minimum atomic E-state index is -1.83. The Labute approximate surface area is 153 Å². The van der Waals surface area contributed by atoms with E-state index in [0.29, 0.717) is 11.4 Å². The number of anilines is 1. The molecule has 0 saturated heterocycles. The van der Waals surface area contributed by atoms with E-state index in [1.165, 1.54) is 7.11 Å². The summed E-state index contributed by atoms with van der Waals surface area (Å²) in [6, 6.07) is 7.13. The van der Waals surface area contributed by atoms with Crippen molar-refractivity contribution in [3.8, 4) is 5.75 Å². The van der Waals surface area contributed by atoms with Crippen LogP contribution in [0.3, 0.4) is 0 Å². The van der Waals surface area contributed by atoms with Gasteiger partial charge in [-0.05, 0) is 24.4 Å². The summed E-state index contributed by atoms with van der Waals surface area (Å²) in [6.45, 7) is 0. The minimum absolute atomic E-state index is 0.135. The Bertz CT molecular complexity index is 539. The Balaban J connectivity index is 2.77. The number of ether oxygens (including phenoxy) is 1. The largest absolute Gasteiger partial charge is 0.495 e. The summed E-state index contributed by atoms with van der Waals surface area (Å²) in [4.78, 5) is 11.4.